The van der Waals surface area contributed by atoms with Crippen molar-refractivity contribution in [2.24, 2.45) is 0 Å². The third kappa shape index (κ3) is 5.59. The highest BCUT2D eigenvalue weighted by molar-refractivity contribution is 5.97. The van der Waals surface area contributed by atoms with Crippen molar-refractivity contribution < 1.29 is 0 Å². The van der Waals surface area contributed by atoms with Gasteiger partial charge in [-0.05, 0) is 56.8 Å². The molecule has 0 amide bonds. The Balaban J connectivity index is 1.12. The molecule has 9 aromatic rings. The lowest BCUT2D eigenvalue weighted by Crippen LogP contribution is -1.96. The second kappa shape index (κ2) is 12.7. The SMILES string of the molecule is c1cncc(-c2ccc(-c3cc(-c4ccc(-c5cccc6cccnc56)cc4)nc(-c4ccc(-c5cccc6ccccc56)cc4)n3)cc2)c1. The normalized spacial score (nSPS) is 11.2. The third-order valence-electron chi connectivity index (χ3n) is 9.27. The zero-order valence-corrected chi connectivity index (χ0v) is 27.1. The summed E-state index contributed by atoms with van der Waals surface area (Å²) in [4.78, 5) is 19.2. The molecule has 9 rings (SSSR count). The van der Waals surface area contributed by atoms with Crippen molar-refractivity contribution in [1.82, 2.24) is 19.9 Å². The van der Waals surface area contributed by atoms with E-state index in [-0.39, 0.29) is 0 Å². The molecule has 3 heterocycles. The van der Waals surface area contributed by atoms with Crippen LogP contribution in [0.3, 0.4) is 0 Å². The average molecular weight is 639 g/mol. The van der Waals surface area contributed by atoms with Gasteiger partial charge in [0, 0.05) is 46.2 Å². The van der Waals surface area contributed by atoms with Crippen LogP contribution in [0.25, 0.3) is 89.0 Å². The van der Waals surface area contributed by atoms with Crippen LogP contribution in [0, 0.1) is 0 Å². The number of hydrogen-bond acceptors (Lipinski definition) is 4. The van der Waals surface area contributed by atoms with Crippen LogP contribution in [0.4, 0.5) is 0 Å². The number of benzene rings is 6. The number of para-hydroxylation sites is 1. The summed E-state index contributed by atoms with van der Waals surface area (Å²) in [7, 11) is 0. The van der Waals surface area contributed by atoms with Gasteiger partial charge in [0.1, 0.15) is 0 Å². The quantitative estimate of drug-likeness (QED) is 0.182. The molecular weight excluding hydrogens is 609 g/mol. The molecule has 6 aromatic carbocycles. The van der Waals surface area contributed by atoms with E-state index in [1.54, 1.807) is 6.20 Å². The van der Waals surface area contributed by atoms with Gasteiger partial charge in [-0.25, -0.2) is 9.97 Å². The van der Waals surface area contributed by atoms with Crippen molar-refractivity contribution in [2.75, 3.05) is 0 Å². The van der Waals surface area contributed by atoms with Crippen LogP contribution in [-0.2, 0) is 0 Å². The van der Waals surface area contributed by atoms with Crippen LogP contribution < -0.4 is 0 Å². The van der Waals surface area contributed by atoms with Crippen molar-refractivity contribution >= 4 is 21.7 Å². The van der Waals surface area contributed by atoms with Gasteiger partial charge in [-0.3, -0.25) is 9.97 Å². The molecule has 0 unspecified atom stereocenters. The van der Waals surface area contributed by atoms with Gasteiger partial charge in [-0.1, -0.05) is 146 Å². The third-order valence-corrected chi connectivity index (χ3v) is 9.27. The summed E-state index contributed by atoms with van der Waals surface area (Å²) >= 11 is 0. The number of fused-ring (bicyclic) bond motifs is 2. The molecule has 0 radical (unpaired) electrons. The molecule has 0 saturated heterocycles. The van der Waals surface area contributed by atoms with Gasteiger partial charge in [0.25, 0.3) is 0 Å². The van der Waals surface area contributed by atoms with Gasteiger partial charge in [-0.2, -0.15) is 0 Å². The van der Waals surface area contributed by atoms with Gasteiger partial charge in [0.15, 0.2) is 5.82 Å². The number of nitrogens with zero attached hydrogens (tertiary/aromatic N) is 4. The topological polar surface area (TPSA) is 51.6 Å². The first-order valence-corrected chi connectivity index (χ1v) is 16.7. The van der Waals surface area contributed by atoms with Crippen molar-refractivity contribution in [3.05, 3.63) is 182 Å². The predicted molar refractivity (Wildman–Crippen MR) is 205 cm³/mol. The lowest BCUT2D eigenvalue weighted by atomic mass is 9.97. The molecule has 3 aromatic heterocycles. The van der Waals surface area contributed by atoms with E-state index >= 15 is 0 Å². The second-order valence-corrected chi connectivity index (χ2v) is 12.3. The van der Waals surface area contributed by atoms with Gasteiger partial charge in [-0.15, -0.1) is 0 Å². The minimum atomic E-state index is 0.681. The maximum Gasteiger partial charge on any atom is 0.160 e. The Kier molecular flexibility index (Phi) is 7.45. The summed E-state index contributed by atoms with van der Waals surface area (Å²) in [6.45, 7) is 0. The van der Waals surface area contributed by atoms with E-state index in [0.717, 1.165) is 66.8 Å². The molecule has 4 heteroatoms. The van der Waals surface area contributed by atoms with Crippen molar-refractivity contribution in [3.8, 4) is 67.3 Å². The van der Waals surface area contributed by atoms with Crippen molar-refractivity contribution in [3.63, 3.8) is 0 Å². The Morgan fingerprint density at radius 2 is 0.920 bits per heavy atom. The number of hydrogen-bond donors (Lipinski definition) is 0. The Morgan fingerprint density at radius 3 is 1.64 bits per heavy atom. The molecule has 0 aliphatic carbocycles. The van der Waals surface area contributed by atoms with Crippen LogP contribution in [0.15, 0.2) is 182 Å². The summed E-state index contributed by atoms with van der Waals surface area (Å²) in [5.74, 6) is 0.681. The summed E-state index contributed by atoms with van der Waals surface area (Å²) in [5.41, 5.74) is 12.5. The summed E-state index contributed by atoms with van der Waals surface area (Å²) < 4.78 is 0. The molecule has 0 fully saturated rings. The predicted octanol–water partition coefficient (Wildman–Crippen LogP) is 11.6. The fourth-order valence-corrected chi connectivity index (χ4v) is 6.67. The van der Waals surface area contributed by atoms with Gasteiger partial charge in [0.05, 0.1) is 16.9 Å². The van der Waals surface area contributed by atoms with Crippen molar-refractivity contribution in [1.29, 1.82) is 0 Å². The molecule has 4 nitrogen and oxygen atoms in total. The van der Waals surface area contributed by atoms with Crippen LogP contribution in [-0.4, -0.2) is 19.9 Å². The molecule has 0 N–H and O–H groups in total. The summed E-state index contributed by atoms with van der Waals surface area (Å²) in [6, 6.07) is 57.1. The van der Waals surface area contributed by atoms with E-state index < -0.39 is 0 Å². The summed E-state index contributed by atoms with van der Waals surface area (Å²) in [6.07, 6.45) is 5.53. The monoisotopic (exact) mass is 638 g/mol. The standard InChI is InChI=1S/C46H30N4/c1-2-12-40-32(7-1)8-3-13-41(40)33-19-25-38(26-20-33)46-49-43(35-21-15-31(16-22-35)39-11-5-27-47-30-39)29-44(50-46)36-23-17-34(18-24-36)42-14-4-9-37-10-6-28-48-45(37)42/h1-30H. The van der Waals surface area contributed by atoms with Crippen LogP contribution in [0.1, 0.15) is 0 Å². The zero-order valence-electron chi connectivity index (χ0n) is 27.1. The van der Waals surface area contributed by atoms with E-state index in [1.165, 1.54) is 16.3 Å². The number of pyridine rings is 2. The Hall–Kier alpha value is -6.78. The highest BCUT2D eigenvalue weighted by Gasteiger charge is 2.13. The van der Waals surface area contributed by atoms with Gasteiger partial charge in [0.2, 0.25) is 0 Å². The molecule has 0 bridgehead atoms. The minimum Gasteiger partial charge on any atom is -0.264 e. The van der Waals surface area contributed by atoms with Gasteiger partial charge >= 0.3 is 0 Å². The van der Waals surface area contributed by atoms with E-state index in [9.17, 15) is 0 Å². The molecule has 234 valence electrons. The maximum atomic E-state index is 5.14. The van der Waals surface area contributed by atoms with Crippen LogP contribution >= 0.6 is 0 Å². The molecule has 0 atom stereocenters. The lowest BCUT2D eigenvalue weighted by Gasteiger charge is -2.12. The maximum absolute atomic E-state index is 5.14. The molecule has 50 heavy (non-hydrogen) atoms. The Labute approximate surface area is 290 Å². The number of aromatic nitrogens is 4. The highest BCUT2D eigenvalue weighted by Crippen LogP contribution is 2.34. The first kappa shape index (κ1) is 29.4. The van der Waals surface area contributed by atoms with Crippen LogP contribution in [0.5, 0.6) is 0 Å². The number of rotatable bonds is 6. The van der Waals surface area contributed by atoms with E-state index in [1.807, 2.05) is 24.5 Å². The average Bonchev–Trinajstić information content (AvgIpc) is 3.21. The Bertz CT molecular complexity index is 2460. The van der Waals surface area contributed by atoms with E-state index in [0.29, 0.717) is 5.82 Å². The van der Waals surface area contributed by atoms with E-state index in [4.69, 9.17) is 9.97 Å². The second-order valence-electron chi connectivity index (χ2n) is 12.3. The fraction of sp³-hybridized carbons (Fsp3) is 0. The summed E-state index contributed by atoms with van der Waals surface area (Å²) in [5, 5.41) is 3.59. The first-order valence-electron chi connectivity index (χ1n) is 16.7. The minimum absolute atomic E-state index is 0.681. The molecule has 0 saturated carbocycles. The largest absolute Gasteiger partial charge is 0.264 e. The fourth-order valence-electron chi connectivity index (χ4n) is 6.67. The first-order chi connectivity index (χ1) is 24.8. The zero-order chi connectivity index (χ0) is 33.3. The van der Waals surface area contributed by atoms with Crippen LogP contribution in [0.2, 0.25) is 0 Å². The smallest absolute Gasteiger partial charge is 0.160 e. The molecule has 0 spiro atoms. The molecular formula is C46H30N4. The van der Waals surface area contributed by atoms with Crippen molar-refractivity contribution in [2.45, 2.75) is 0 Å². The lowest BCUT2D eigenvalue weighted by molar-refractivity contribution is 1.18. The van der Waals surface area contributed by atoms with Gasteiger partial charge < -0.3 is 0 Å². The van der Waals surface area contributed by atoms with E-state index in [2.05, 4.69) is 162 Å². The highest BCUT2D eigenvalue weighted by atomic mass is 14.9. The molecule has 0 aliphatic rings. The Morgan fingerprint density at radius 1 is 0.360 bits per heavy atom. The molecule has 0 aliphatic heterocycles.